The topological polar surface area (TPSA) is 333 Å². The number of aliphatic hydroxyl groups is 3. The van der Waals surface area contributed by atoms with E-state index in [9.17, 15) is 58.5 Å². The molecule has 3 heterocycles. The van der Waals surface area contributed by atoms with Crippen LogP contribution in [0, 0.1) is 17.8 Å². The third kappa shape index (κ3) is 14.9. The molecule has 3 fully saturated rings. The number of aliphatic hydroxyl groups excluding tert-OH is 3. The minimum absolute atomic E-state index is 0.0288. The number of carbonyl (C=O) groups is 9. The van der Waals surface area contributed by atoms with Gasteiger partial charge in [0.15, 0.2) is 0 Å². The van der Waals surface area contributed by atoms with Crippen molar-refractivity contribution in [2.24, 2.45) is 17.8 Å². The van der Waals surface area contributed by atoms with Gasteiger partial charge in [0, 0.05) is 33.8 Å². The molecular formula is C75H105N3O21. The fourth-order valence-corrected chi connectivity index (χ4v) is 15.2. The molecule has 0 amide bonds. The zero-order valence-electron chi connectivity index (χ0n) is 61.4. The molecule has 0 radical (unpaired) electrons. The summed E-state index contributed by atoms with van der Waals surface area (Å²) in [6.45, 7) is 30.9. The number of para-hydroxylation sites is 3. The Morgan fingerprint density at radius 2 is 0.515 bits per heavy atom. The van der Waals surface area contributed by atoms with Crippen LogP contribution in [-0.2, 0) is 102 Å². The Morgan fingerprint density at radius 3 is 0.687 bits per heavy atom. The van der Waals surface area contributed by atoms with Crippen LogP contribution in [0.1, 0.15) is 199 Å². The lowest BCUT2D eigenvalue weighted by atomic mass is 9.56. The normalized spacial score (nSPS) is 26.2. The second-order valence-electron chi connectivity index (χ2n) is 32.7. The van der Waals surface area contributed by atoms with Crippen molar-refractivity contribution in [3.8, 4) is 0 Å². The third-order valence-corrected chi connectivity index (χ3v) is 18.7. The molecule has 3 aliphatic heterocycles. The summed E-state index contributed by atoms with van der Waals surface area (Å²) in [5.74, 6) is -9.66. The molecule has 3 spiro atoms. The average molecular weight is 1380 g/mol. The SMILES string of the molecule is COC(=O)[C@@H]1C[C@@H](O)CC[C@]12Nc1ccccc1C2(C(=O)OC(C)(C)C)C(=O)OC(C)(C)C.COC(=O)[C@@H]1C[C@@H](O)CC[C@]12Nc1ccccc1C2(C(=O)OC(C)(C)C)C(=O)OC(C)(C)C.COC(=O)[C@@H]1C[C@@H](O)CC[C@]12Nc1ccccc1C2(C(=O)OC(C)(C)C)C(=O)OC(C)(C)C. The number of nitrogens with one attached hydrogen (secondary N) is 3. The second-order valence-corrected chi connectivity index (χ2v) is 32.7. The van der Waals surface area contributed by atoms with Crippen LogP contribution in [0.25, 0.3) is 0 Å². The van der Waals surface area contributed by atoms with Crippen LogP contribution in [0.5, 0.6) is 0 Å². The summed E-state index contributed by atoms with van der Waals surface area (Å²) in [6.07, 6.45) is -0.946. The van der Waals surface area contributed by atoms with Gasteiger partial charge in [-0.3, -0.25) is 43.2 Å². The van der Waals surface area contributed by atoms with Crippen LogP contribution in [0.4, 0.5) is 17.1 Å². The van der Waals surface area contributed by atoms with Gasteiger partial charge < -0.3 is 73.9 Å². The molecule has 6 aliphatic rings. The summed E-state index contributed by atoms with van der Waals surface area (Å²) in [7, 11) is 3.76. The molecule has 3 aliphatic carbocycles. The van der Waals surface area contributed by atoms with Gasteiger partial charge in [-0.25, -0.2) is 0 Å². The van der Waals surface area contributed by atoms with E-state index < -0.39 is 156 Å². The first-order chi connectivity index (χ1) is 45.5. The lowest BCUT2D eigenvalue weighted by molar-refractivity contribution is -0.188. The first-order valence-electron chi connectivity index (χ1n) is 33.8. The number of hydrogen-bond acceptors (Lipinski definition) is 24. The van der Waals surface area contributed by atoms with Crippen molar-refractivity contribution < 1.29 is 101 Å². The van der Waals surface area contributed by atoms with Crippen molar-refractivity contribution in [3.63, 3.8) is 0 Å². The summed E-state index contributed by atoms with van der Waals surface area (Å²) in [6, 6.07) is 20.9. The Bertz CT molecular complexity index is 3110. The first-order valence-corrected chi connectivity index (χ1v) is 33.8. The summed E-state index contributed by atoms with van der Waals surface area (Å²) < 4.78 is 50.3. The van der Waals surface area contributed by atoms with Crippen molar-refractivity contribution >= 4 is 70.8 Å². The highest BCUT2D eigenvalue weighted by Gasteiger charge is 2.77. The highest BCUT2D eigenvalue weighted by Crippen LogP contribution is 2.62. The summed E-state index contributed by atoms with van der Waals surface area (Å²) >= 11 is 0. The molecule has 99 heavy (non-hydrogen) atoms. The van der Waals surface area contributed by atoms with Gasteiger partial charge in [0.1, 0.15) is 33.6 Å². The molecule has 0 unspecified atom stereocenters. The number of hydrogen-bond donors (Lipinski definition) is 6. The number of rotatable bonds is 9. The maximum Gasteiger partial charge on any atom is 0.331 e. The first kappa shape index (κ1) is 78.5. The van der Waals surface area contributed by atoms with E-state index in [1.54, 1.807) is 197 Å². The quantitative estimate of drug-likeness (QED) is 0.0660. The van der Waals surface area contributed by atoms with Crippen LogP contribution in [0.3, 0.4) is 0 Å². The molecular weight excluding hydrogens is 1280 g/mol. The predicted octanol–water partition coefficient (Wildman–Crippen LogP) is 9.32. The van der Waals surface area contributed by atoms with Crippen LogP contribution in [0.2, 0.25) is 0 Å². The van der Waals surface area contributed by atoms with E-state index in [2.05, 4.69) is 16.0 Å². The van der Waals surface area contributed by atoms with Crippen molar-refractivity contribution in [2.45, 2.75) is 267 Å². The molecule has 0 aromatic heterocycles. The lowest BCUT2D eigenvalue weighted by Gasteiger charge is -2.50. The summed E-state index contributed by atoms with van der Waals surface area (Å²) in [5, 5.41) is 41.4. The number of fused-ring (bicyclic) bond motifs is 3. The standard InChI is InChI=1S/3C25H35NO7/c3*1-22(2,3)32-20(29)25(21(30)33-23(4,5)6)16-10-8-9-11-18(16)26-24(25)13-12-15(27)14-17(24)19(28)31-7/h3*8-11,15,17,26-27H,12-14H2,1-7H3/t3*15-,17-,24-/m000/s1. The molecule has 9 atom stereocenters. The Labute approximate surface area is 581 Å². The van der Waals surface area contributed by atoms with Gasteiger partial charge in [-0.1, -0.05) is 54.6 Å². The largest absolute Gasteiger partial charge is 0.469 e. The van der Waals surface area contributed by atoms with E-state index in [1.807, 2.05) is 0 Å². The van der Waals surface area contributed by atoms with Crippen LogP contribution < -0.4 is 16.0 Å². The van der Waals surface area contributed by atoms with E-state index in [4.69, 9.17) is 42.6 Å². The number of ether oxygens (including phenoxy) is 9. The highest BCUT2D eigenvalue weighted by molar-refractivity contribution is 6.15. The van der Waals surface area contributed by atoms with Gasteiger partial charge in [0.05, 0.1) is 74.0 Å². The fraction of sp³-hybridized carbons (Fsp3) is 0.640. The average Bonchev–Trinajstić information content (AvgIpc) is 1.52. The zero-order chi connectivity index (χ0) is 74.5. The number of carbonyl (C=O) groups excluding carboxylic acids is 9. The van der Waals surface area contributed by atoms with Crippen LogP contribution in [0.15, 0.2) is 72.8 Å². The number of anilines is 3. The van der Waals surface area contributed by atoms with Crippen molar-refractivity contribution in [1.29, 1.82) is 0 Å². The van der Waals surface area contributed by atoms with Gasteiger partial charge >= 0.3 is 53.7 Å². The molecule has 0 bridgehead atoms. The second kappa shape index (κ2) is 27.9. The predicted molar refractivity (Wildman–Crippen MR) is 365 cm³/mol. The zero-order valence-corrected chi connectivity index (χ0v) is 61.4. The fourth-order valence-electron chi connectivity index (χ4n) is 15.2. The van der Waals surface area contributed by atoms with E-state index in [0.717, 1.165) is 0 Å². The molecule has 24 heteroatoms. The Balaban J connectivity index is 0.000000209. The molecule has 24 nitrogen and oxygen atoms in total. The molecule has 0 saturated heterocycles. The number of benzene rings is 3. The van der Waals surface area contributed by atoms with Crippen molar-refractivity contribution in [3.05, 3.63) is 89.5 Å². The van der Waals surface area contributed by atoms with E-state index in [1.165, 1.54) is 21.3 Å². The van der Waals surface area contributed by atoms with Gasteiger partial charge in [-0.2, -0.15) is 0 Å². The molecule has 6 N–H and O–H groups in total. The molecule has 3 saturated carbocycles. The van der Waals surface area contributed by atoms with Crippen molar-refractivity contribution in [1.82, 2.24) is 0 Å². The summed E-state index contributed by atoms with van der Waals surface area (Å²) in [4.78, 5) is 124. The third-order valence-electron chi connectivity index (χ3n) is 18.7. The van der Waals surface area contributed by atoms with E-state index in [-0.39, 0.29) is 57.8 Å². The van der Waals surface area contributed by atoms with Crippen molar-refractivity contribution in [2.75, 3.05) is 37.3 Å². The van der Waals surface area contributed by atoms with E-state index in [0.29, 0.717) is 33.8 Å². The van der Waals surface area contributed by atoms with Gasteiger partial charge in [0.25, 0.3) is 0 Å². The molecule has 9 rings (SSSR count). The van der Waals surface area contributed by atoms with Crippen LogP contribution >= 0.6 is 0 Å². The minimum atomic E-state index is -1.98. The molecule has 3 aromatic rings. The van der Waals surface area contributed by atoms with E-state index >= 15 is 0 Å². The van der Waals surface area contributed by atoms with Crippen LogP contribution in [-0.4, -0.2) is 159 Å². The van der Waals surface area contributed by atoms with Gasteiger partial charge in [-0.05, 0) is 201 Å². The molecule has 3 aromatic carbocycles. The highest BCUT2D eigenvalue weighted by atomic mass is 16.6. The number of methoxy groups -OCH3 is 3. The maximum absolute atomic E-state index is 14.1. The Morgan fingerprint density at radius 1 is 0.333 bits per heavy atom. The minimum Gasteiger partial charge on any atom is -0.469 e. The molecule has 546 valence electrons. The summed E-state index contributed by atoms with van der Waals surface area (Å²) in [5.41, 5.74) is -12.9. The van der Waals surface area contributed by atoms with Gasteiger partial charge in [0.2, 0.25) is 16.2 Å². The maximum atomic E-state index is 14.1. The smallest absolute Gasteiger partial charge is 0.331 e. The Kier molecular flexibility index (Phi) is 22.2. The van der Waals surface area contributed by atoms with Gasteiger partial charge in [-0.15, -0.1) is 0 Å². The Hall–Kier alpha value is -7.83. The number of esters is 9. The monoisotopic (exact) mass is 1380 g/mol. The lowest BCUT2D eigenvalue weighted by Crippen LogP contribution is -2.69.